The third kappa shape index (κ3) is 2.58. The van der Waals surface area contributed by atoms with Gasteiger partial charge in [0.15, 0.2) is 0 Å². The number of nitrogens with zero attached hydrogens (tertiary/aromatic N) is 3. The lowest BCUT2D eigenvalue weighted by Crippen LogP contribution is -3.00. The molecule has 96 valence electrons. The van der Waals surface area contributed by atoms with Crippen molar-refractivity contribution in [2.24, 2.45) is 0 Å². The van der Waals surface area contributed by atoms with Crippen LogP contribution in [0.4, 0.5) is 5.69 Å². The summed E-state index contributed by atoms with van der Waals surface area (Å²) in [5.41, 5.74) is 2.36. The van der Waals surface area contributed by atoms with Crippen LogP contribution < -0.4 is 24.0 Å². The molecule has 0 amide bonds. The summed E-state index contributed by atoms with van der Waals surface area (Å²) in [6.45, 7) is 0. The van der Waals surface area contributed by atoms with E-state index < -0.39 is 4.92 Å². The maximum absolute atomic E-state index is 10.7. The Morgan fingerprint density at radius 1 is 1.16 bits per heavy atom. The first-order chi connectivity index (χ1) is 8.74. The van der Waals surface area contributed by atoms with Gasteiger partial charge in [-0.15, -0.1) is 0 Å². The number of fused-ring (bicyclic) bond motifs is 1. The summed E-state index contributed by atoms with van der Waals surface area (Å²) in [4.78, 5) is 14.8. The quantitative estimate of drug-likeness (QED) is 0.362. The number of benzene rings is 1. The zero-order valence-electron chi connectivity index (χ0n) is 9.73. The molecule has 0 aliphatic rings. The number of hydrogen-bond donors (Lipinski definition) is 0. The molecule has 1 aromatic carbocycles. The molecule has 5 nitrogen and oxygen atoms in total. The Morgan fingerprint density at radius 3 is 2.74 bits per heavy atom. The van der Waals surface area contributed by atoms with E-state index >= 15 is 0 Å². The van der Waals surface area contributed by atoms with Crippen LogP contribution in [0.2, 0.25) is 0 Å². The van der Waals surface area contributed by atoms with Gasteiger partial charge in [-0.25, -0.2) is 4.98 Å². The van der Waals surface area contributed by atoms with Crippen LogP contribution in [0, 0.1) is 10.1 Å². The zero-order chi connectivity index (χ0) is 12.5. The van der Waals surface area contributed by atoms with Crippen LogP contribution >= 0.6 is 0 Å². The number of pyridine rings is 1. The Morgan fingerprint density at radius 2 is 2.00 bits per heavy atom. The molecule has 0 N–H and O–H groups in total. The molecule has 6 heteroatoms. The predicted octanol–water partition coefficient (Wildman–Crippen LogP) is -0.0865. The normalized spacial score (nSPS) is 10.1. The largest absolute Gasteiger partial charge is 1.00 e. The predicted molar refractivity (Wildman–Crippen MR) is 67.3 cm³/mol. The molecule has 3 rings (SSSR count). The van der Waals surface area contributed by atoms with Crippen LogP contribution in [-0.4, -0.2) is 14.3 Å². The third-order valence-electron chi connectivity index (χ3n) is 2.72. The van der Waals surface area contributed by atoms with Crippen molar-refractivity contribution < 1.29 is 28.9 Å². The van der Waals surface area contributed by atoms with Gasteiger partial charge in [-0.05, 0) is 12.1 Å². The van der Waals surface area contributed by atoms with E-state index in [1.165, 1.54) is 12.1 Å². The van der Waals surface area contributed by atoms with Crippen molar-refractivity contribution in [2.45, 2.75) is 0 Å². The number of nitro benzene ring substituents is 1. The van der Waals surface area contributed by atoms with E-state index in [1.807, 2.05) is 41.1 Å². The average Bonchev–Trinajstić information content (AvgIpc) is 2.82. The van der Waals surface area contributed by atoms with Gasteiger partial charge >= 0.3 is 0 Å². The van der Waals surface area contributed by atoms with Crippen molar-refractivity contribution in [3.8, 4) is 11.3 Å². The fourth-order valence-electron chi connectivity index (χ4n) is 1.85. The molecular formula is C13H9IN3O2-. The molecular weight excluding hydrogens is 357 g/mol. The second-order valence-electron chi connectivity index (χ2n) is 3.90. The van der Waals surface area contributed by atoms with Crippen LogP contribution in [0.1, 0.15) is 0 Å². The van der Waals surface area contributed by atoms with Crippen LogP contribution in [0.3, 0.4) is 0 Å². The van der Waals surface area contributed by atoms with Gasteiger partial charge in [0, 0.05) is 30.1 Å². The smallest absolute Gasteiger partial charge is 0.270 e. The highest BCUT2D eigenvalue weighted by Crippen LogP contribution is 2.23. The van der Waals surface area contributed by atoms with Gasteiger partial charge < -0.3 is 28.4 Å². The molecule has 0 aliphatic heterocycles. The van der Waals surface area contributed by atoms with Gasteiger partial charge in [0.05, 0.1) is 10.6 Å². The fraction of sp³-hybridized carbons (Fsp3) is 0. The Bertz CT molecular complexity index is 706. The van der Waals surface area contributed by atoms with E-state index in [0.717, 1.165) is 16.9 Å². The monoisotopic (exact) mass is 366 g/mol. The van der Waals surface area contributed by atoms with Crippen LogP contribution in [-0.2, 0) is 0 Å². The molecule has 2 aromatic heterocycles. The molecule has 0 radical (unpaired) electrons. The van der Waals surface area contributed by atoms with Crippen molar-refractivity contribution in [3.05, 3.63) is 65.0 Å². The van der Waals surface area contributed by atoms with Crippen LogP contribution in [0.25, 0.3) is 16.9 Å². The lowest BCUT2D eigenvalue weighted by atomic mass is 10.1. The van der Waals surface area contributed by atoms with E-state index in [2.05, 4.69) is 4.98 Å². The summed E-state index contributed by atoms with van der Waals surface area (Å²) < 4.78 is 1.88. The number of hydrogen-bond acceptors (Lipinski definition) is 3. The number of aromatic nitrogens is 2. The standard InChI is InChI=1S/C13H9N3O2.HI/c17-16(18)11-5-3-4-10(8-11)12-9-15-7-2-1-6-13(15)14-12;/h1-9H;1H/p-1. The molecule has 19 heavy (non-hydrogen) atoms. The lowest BCUT2D eigenvalue weighted by molar-refractivity contribution is -0.384. The van der Waals surface area contributed by atoms with Crippen LogP contribution in [0.5, 0.6) is 0 Å². The minimum Gasteiger partial charge on any atom is -1.00 e. The summed E-state index contributed by atoms with van der Waals surface area (Å²) in [6, 6.07) is 12.2. The topological polar surface area (TPSA) is 60.4 Å². The number of halogens is 1. The molecule has 3 aromatic rings. The van der Waals surface area contributed by atoms with Crippen molar-refractivity contribution in [1.82, 2.24) is 9.38 Å². The summed E-state index contributed by atoms with van der Waals surface area (Å²) in [5, 5.41) is 10.7. The number of imidazole rings is 1. The van der Waals surface area contributed by atoms with Crippen molar-refractivity contribution >= 4 is 11.3 Å². The van der Waals surface area contributed by atoms with Gasteiger partial charge in [-0.3, -0.25) is 10.1 Å². The second kappa shape index (κ2) is 5.35. The third-order valence-corrected chi connectivity index (χ3v) is 2.72. The lowest BCUT2D eigenvalue weighted by Gasteiger charge is -1.95. The number of non-ortho nitro benzene ring substituents is 1. The van der Waals surface area contributed by atoms with Crippen molar-refractivity contribution in [1.29, 1.82) is 0 Å². The first kappa shape index (κ1) is 13.5. The van der Waals surface area contributed by atoms with Crippen LogP contribution in [0.15, 0.2) is 54.9 Å². The highest BCUT2D eigenvalue weighted by molar-refractivity contribution is 5.65. The molecule has 0 aliphatic carbocycles. The van der Waals surface area contributed by atoms with Gasteiger partial charge in [0.2, 0.25) is 0 Å². The highest BCUT2D eigenvalue weighted by atomic mass is 127. The minimum absolute atomic E-state index is 0. The molecule has 0 spiro atoms. The van der Waals surface area contributed by atoms with E-state index in [1.54, 1.807) is 6.07 Å². The summed E-state index contributed by atoms with van der Waals surface area (Å²) >= 11 is 0. The summed E-state index contributed by atoms with van der Waals surface area (Å²) in [5.74, 6) is 0. The van der Waals surface area contributed by atoms with E-state index in [4.69, 9.17) is 0 Å². The Kier molecular flexibility index (Phi) is 3.79. The average molecular weight is 366 g/mol. The highest BCUT2D eigenvalue weighted by Gasteiger charge is 2.09. The molecule has 2 heterocycles. The van der Waals surface area contributed by atoms with E-state index in [-0.39, 0.29) is 29.7 Å². The number of rotatable bonds is 2. The Balaban J connectivity index is 0.00000133. The molecule has 0 unspecified atom stereocenters. The molecule has 0 fully saturated rings. The summed E-state index contributed by atoms with van der Waals surface area (Å²) in [6.07, 6.45) is 3.75. The SMILES string of the molecule is O=[N+]([O-])c1cccc(-c2cn3ccccc3n2)c1.[I-]. The Hall–Kier alpha value is -1.96. The Labute approximate surface area is 126 Å². The van der Waals surface area contributed by atoms with Crippen molar-refractivity contribution in [3.63, 3.8) is 0 Å². The van der Waals surface area contributed by atoms with Crippen molar-refractivity contribution in [2.75, 3.05) is 0 Å². The van der Waals surface area contributed by atoms with E-state index in [9.17, 15) is 10.1 Å². The van der Waals surface area contributed by atoms with Gasteiger partial charge in [-0.1, -0.05) is 18.2 Å². The second-order valence-corrected chi connectivity index (χ2v) is 3.90. The minimum atomic E-state index is -0.403. The summed E-state index contributed by atoms with van der Waals surface area (Å²) in [7, 11) is 0. The molecule has 0 saturated heterocycles. The first-order valence-corrected chi connectivity index (χ1v) is 5.42. The first-order valence-electron chi connectivity index (χ1n) is 5.42. The molecule has 0 bridgehead atoms. The number of nitro groups is 1. The maximum atomic E-state index is 10.7. The van der Waals surface area contributed by atoms with E-state index in [0.29, 0.717) is 0 Å². The molecule has 0 atom stereocenters. The fourth-order valence-corrected chi connectivity index (χ4v) is 1.85. The van der Waals surface area contributed by atoms with Gasteiger partial charge in [0.1, 0.15) is 5.65 Å². The van der Waals surface area contributed by atoms with Gasteiger partial charge in [-0.2, -0.15) is 0 Å². The zero-order valence-corrected chi connectivity index (χ0v) is 11.9. The van der Waals surface area contributed by atoms with Gasteiger partial charge in [0.25, 0.3) is 5.69 Å². The molecule has 0 saturated carbocycles. The maximum Gasteiger partial charge on any atom is 0.270 e.